The lowest BCUT2D eigenvalue weighted by molar-refractivity contribution is 0.292. The molecular formula is C12H13BO2. The van der Waals surface area contributed by atoms with E-state index in [1.165, 1.54) is 10.8 Å². The van der Waals surface area contributed by atoms with E-state index in [1.54, 1.807) is 14.2 Å². The predicted octanol–water partition coefficient (Wildman–Crippen LogP) is 1.83. The van der Waals surface area contributed by atoms with E-state index in [1.807, 2.05) is 18.2 Å². The molecule has 0 N–H and O–H groups in total. The molecule has 15 heavy (non-hydrogen) atoms. The van der Waals surface area contributed by atoms with Crippen LogP contribution in [0.4, 0.5) is 0 Å². The van der Waals surface area contributed by atoms with Gasteiger partial charge in [0.25, 0.3) is 0 Å². The van der Waals surface area contributed by atoms with Crippen LogP contribution < -0.4 is 5.46 Å². The highest BCUT2D eigenvalue weighted by molar-refractivity contribution is 6.61. The molecule has 0 spiro atoms. The number of fused-ring (bicyclic) bond motifs is 1. The Labute approximate surface area is 90.0 Å². The molecule has 0 radical (unpaired) electrons. The van der Waals surface area contributed by atoms with Gasteiger partial charge in [-0.2, -0.15) is 0 Å². The molecule has 0 amide bonds. The van der Waals surface area contributed by atoms with Crippen LogP contribution in [0.1, 0.15) is 0 Å². The van der Waals surface area contributed by atoms with Crippen LogP contribution in [0.15, 0.2) is 42.5 Å². The lowest BCUT2D eigenvalue weighted by atomic mass is 9.78. The molecule has 0 saturated carbocycles. The Kier molecular flexibility index (Phi) is 3.04. The molecule has 0 bridgehead atoms. The number of benzene rings is 2. The SMILES string of the molecule is COB(OC)c1ccc2ccccc2c1. The fourth-order valence-corrected chi connectivity index (χ4v) is 1.72. The highest BCUT2D eigenvalue weighted by atomic mass is 16.6. The molecule has 2 aromatic carbocycles. The maximum atomic E-state index is 5.21. The number of rotatable bonds is 3. The lowest BCUT2D eigenvalue weighted by Crippen LogP contribution is -2.34. The standard InChI is InChI=1S/C12H13BO2/c1-14-13(15-2)12-8-7-10-5-3-4-6-11(10)9-12/h3-9H,1-2H3. The molecule has 0 atom stereocenters. The average Bonchev–Trinajstić information content (AvgIpc) is 2.30. The van der Waals surface area contributed by atoms with Crippen molar-refractivity contribution in [2.75, 3.05) is 14.2 Å². The van der Waals surface area contributed by atoms with E-state index in [-0.39, 0.29) is 7.12 Å². The summed E-state index contributed by atoms with van der Waals surface area (Å²) in [4.78, 5) is 0. The van der Waals surface area contributed by atoms with Gasteiger partial charge in [0.15, 0.2) is 0 Å². The van der Waals surface area contributed by atoms with Gasteiger partial charge in [0.05, 0.1) is 0 Å². The molecule has 3 heteroatoms. The van der Waals surface area contributed by atoms with Crippen molar-refractivity contribution in [3.8, 4) is 0 Å². The summed E-state index contributed by atoms with van der Waals surface area (Å²) in [7, 11) is 3.00. The van der Waals surface area contributed by atoms with Crippen molar-refractivity contribution < 1.29 is 9.31 Å². The molecule has 0 aliphatic rings. The summed E-state index contributed by atoms with van der Waals surface area (Å²) in [5.74, 6) is 0. The summed E-state index contributed by atoms with van der Waals surface area (Å²) >= 11 is 0. The van der Waals surface area contributed by atoms with Crippen molar-refractivity contribution in [3.05, 3.63) is 42.5 Å². The number of hydrogen-bond acceptors (Lipinski definition) is 2. The van der Waals surface area contributed by atoms with Crippen LogP contribution in [0, 0.1) is 0 Å². The highest BCUT2D eigenvalue weighted by Crippen LogP contribution is 2.11. The van der Waals surface area contributed by atoms with Crippen molar-refractivity contribution in [2.24, 2.45) is 0 Å². The molecule has 0 fully saturated rings. The molecule has 2 aromatic rings. The van der Waals surface area contributed by atoms with E-state index >= 15 is 0 Å². The average molecular weight is 200 g/mol. The zero-order valence-electron chi connectivity index (χ0n) is 8.94. The van der Waals surface area contributed by atoms with Gasteiger partial charge in [-0.05, 0) is 16.2 Å². The van der Waals surface area contributed by atoms with E-state index < -0.39 is 0 Å². The Balaban J connectivity index is 2.46. The van der Waals surface area contributed by atoms with Crippen LogP contribution in [0.5, 0.6) is 0 Å². The van der Waals surface area contributed by atoms with Gasteiger partial charge in [-0.1, -0.05) is 42.5 Å². The van der Waals surface area contributed by atoms with Crippen molar-refractivity contribution in [1.29, 1.82) is 0 Å². The topological polar surface area (TPSA) is 18.5 Å². The Hall–Kier alpha value is -1.32. The summed E-state index contributed by atoms with van der Waals surface area (Å²) in [6.07, 6.45) is 0. The molecule has 2 rings (SSSR count). The van der Waals surface area contributed by atoms with Crippen molar-refractivity contribution in [1.82, 2.24) is 0 Å². The van der Waals surface area contributed by atoms with Crippen molar-refractivity contribution in [2.45, 2.75) is 0 Å². The van der Waals surface area contributed by atoms with E-state index in [0.29, 0.717) is 0 Å². The maximum Gasteiger partial charge on any atom is 0.493 e. The molecule has 0 unspecified atom stereocenters. The molecule has 0 aromatic heterocycles. The van der Waals surface area contributed by atoms with Crippen molar-refractivity contribution in [3.63, 3.8) is 0 Å². The van der Waals surface area contributed by atoms with Crippen molar-refractivity contribution >= 4 is 23.4 Å². The number of hydrogen-bond donors (Lipinski definition) is 0. The van der Waals surface area contributed by atoms with Crippen LogP contribution in [0.25, 0.3) is 10.8 Å². The molecule has 0 aliphatic carbocycles. The van der Waals surface area contributed by atoms with Gasteiger partial charge in [-0.3, -0.25) is 0 Å². The van der Waals surface area contributed by atoms with Gasteiger partial charge >= 0.3 is 7.12 Å². The first-order valence-electron chi connectivity index (χ1n) is 4.89. The van der Waals surface area contributed by atoms with Gasteiger partial charge in [-0.25, -0.2) is 0 Å². The third kappa shape index (κ3) is 2.03. The third-order valence-corrected chi connectivity index (χ3v) is 2.47. The second-order valence-electron chi connectivity index (χ2n) is 3.41. The largest absolute Gasteiger partial charge is 0.493 e. The molecule has 0 saturated heterocycles. The Morgan fingerprint density at radius 2 is 1.53 bits per heavy atom. The Morgan fingerprint density at radius 3 is 2.20 bits per heavy atom. The maximum absolute atomic E-state index is 5.21. The Morgan fingerprint density at radius 1 is 0.867 bits per heavy atom. The van der Waals surface area contributed by atoms with E-state index in [9.17, 15) is 0 Å². The normalized spacial score (nSPS) is 10.5. The molecule has 0 heterocycles. The molecule has 2 nitrogen and oxygen atoms in total. The summed E-state index contributed by atoms with van der Waals surface area (Å²) in [5.41, 5.74) is 1.04. The fourth-order valence-electron chi connectivity index (χ4n) is 1.72. The minimum absolute atomic E-state index is 0.283. The molecule has 0 aliphatic heterocycles. The van der Waals surface area contributed by atoms with E-state index in [4.69, 9.17) is 9.31 Å². The van der Waals surface area contributed by atoms with Gasteiger partial charge in [0, 0.05) is 14.2 Å². The zero-order chi connectivity index (χ0) is 10.7. The second kappa shape index (κ2) is 4.47. The summed E-state index contributed by atoms with van der Waals surface area (Å²) in [6, 6.07) is 14.4. The minimum Gasteiger partial charge on any atom is -0.410 e. The summed E-state index contributed by atoms with van der Waals surface area (Å²) in [5, 5.41) is 2.43. The van der Waals surface area contributed by atoms with Crippen LogP contribution in [0.3, 0.4) is 0 Å². The molecule has 76 valence electrons. The summed E-state index contributed by atoms with van der Waals surface area (Å²) < 4.78 is 10.4. The van der Waals surface area contributed by atoms with E-state index in [2.05, 4.69) is 24.3 Å². The smallest absolute Gasteiger partial charge is 0.410 e. The lowest BCUT2D eigenvalue weighted by Gasteiger charge is -2.09. The van der Waals surface area contributed by atoms with Gasteiger partial charge in [0.2, 0.25) is 0 Å². The monoisotopic (exact) mass is 200 g/mol. The first-order valence-corrected chi connectivity index (χ1v) is 4.89. The van der Waals surface area contributed by atoms with E-state index in [0.717, 1.165) is 5.46 Å². The first kappa shape index (κ1) is 10.2. The van der Waals surface area contributed by atoms with Crippen LogP contribution in [-0.2, 0) is 9.31 Å². The van der Waals surface area contributed by atoms with Gasteiger partial charge < -0.3 is 9.31 Å². The summed E-state index contributed by atoms with van der Waals surface area (Å²) in [6.45, 7) is 0. The van der Waals surface area contributed by atoms with Gasteiger partial charge in [-0.15, -0.1) is 0 Å². The van der Waals surface area contributed by atoms with Crippen LogP contribution in [0.2, 0.25) is 0 Å². The van der Waals surface area contributed by atoms with Gasteiger partial charge in [0.1, 0.15) is 0 Å². The second-order valence-corrected chi connectivity index (χ2v) is 3.41. The zero-order valence-corrected chi connectivity index (χ0v) is 8.94. The third-order valence-electron chi connectivity index (χ3n) is 2.47. The quantitative estimate of drug-likeness (QED) is 0.703. The highest BCUT2D eigenvalue weighted by Gasteiger charge is 2.17. The minimum atomic E-state index is -0.283. The Bertz CT molecular complexity index is 452. The first-order chi connectivity index (χ1) is 7.35. The fraction of sp³-hybridized carbons (Fsp3) is 0.167. The van der Waals surface area contributed by atoms with Crippen LogP contribution in [-0.4, -0.2) is 21.3 Å². The van der Waals surface area contributed by atoms with Crippen LogP contribution >= 0.6 is 0 Å². The predicted molar refractivity (Wildman–Crippen MR) is 63.4 cm³/mol. The molecular weight excluding hydrogens is 187 g/mol.